The van der Waals surface area contributed by atoms with E-state index in [2.05, 4.69) is 0 Å². The lowest BCUT2D eigenvalue weighted by atomic mass is 10.1. The zero-order valence-corrected chi connectivity index (χ0v) is 6.40. The van der Waals surface area contributed by atoms with E-state index in [4.69, 9.17) is 5.11 Å². The van der Waals surface area contributed by atoms with Gasteiger partial charge in [-0.15, -0.1) is 0 Å². The largest absolute Gasteiger partial charge is 0.390 e. The molecule has 0 bridgehead atoms. The van der Waals surface area contributed by atoms with Crippen LogP contribution in [0.15, 0.2) is 0 Å². The third kappa shape index (κ3) is 4.68. The Morgan fingerprint density at radius 3 is 2.20 bits per heavy atom. The van der Waals surface area contributed by atoms with E-state index in [1.165, 1.54) is 0 Å². The fraction of sp³-hybridized carbons (Fsp3) is 1.00. The quantitative estimate of drug-likeness (QED) is 0.653. The molecule has 0 atom stereocenters. The van der Waals surface area contributed by atoms with E-state index in [1.807, 2.05) is 13.8 Å². The number of hydrogen-bond donors (Lipinski definition) is 1. The summed E-state index contributed by atoms with van der Waals surface area (Å²) in [5, 5.41) is 8.16. The average molecular weight is 152 g/mol. The van der Waals surface area contributed by atoms with Gasteiger partial charge in [-0.05, 0) is 12.3 Å². The van der Waals surface area contributed by atoms with E-state index in [9.17, 15) is 8.78 Å². The van der Waals surface area contributed by atoms with Crippen LogP contribution in [0.4, 0.5) is 8.78 Å². The standard InChI is InChI=1S/C7H14F2O/c1-6(2)3-4-7(8,9)5-10/h6,10H,3-5H2,1-2H3. The van der Waals surface area contributed by atoms with Crippen molar-refractivity contribution in [3.05, 3.63) is 0 Å². The molecule has 0 radical (unpaired) electrons. The number of alkyl halides is 2. The molecule has 0 aliphatic rings. The van der Waals surface area contributed by atoms with Gasteiger partial charge in [0.05, 0.1) is 0 Å². The van der Waals surface area contributed by atoms with Gasteiger partial charge in [-0.1, -0.05) is 13.8 Å². The first-order valence-electron chi connectivity index (χ1n) is 3.46. The summed E-state index contributed by atoms with van der Waals surface area (Å²) in [5.41, 5.74) is 0. The summed E-state index contributed by atoms with van der Waals surface area (Å²) in [6.07, 6.45) is 0.259. The molecule has 3 heteroatoms. The maximum atomic E-state index is 12.3. The van der Waals surface area contributed by atoms with Gasteiger partial charge in [0.25, 0.3) is 5.92 Å². The summed E-state index contributed by atoms with van der Waals surface area (Å²) >= 11 is 0. The highest BCUT2D eigenvalue weighted by Gasteiger charge is 2.26. The van der Waals surface area contributed by atoms with Crippen LogP contribution in [0.3, 0.4) is 0 Å². The zero-order chi connectivity index (χ0) is 8.20. The summed E-state index contributed by atoms with van der Waals surface area (Å²) in [7, 11) is 0. The van der Waals surface area contributed by atoms with Gasteiger partial charge in [-0.2, -0.15) is 0 Å². The van der Waals surface area contributed by atoms with Gasteiger partial charge in [0.1, 0.15) is 6.61 Å². The number of rotatable bonds is 4. The van der Waals surface area contributed by atoms with E-state index >= 15 is 0 Å². The first kappa shape index (κ1) is 9.82. The number of hydrogen-bond acceptors (Lipinski definition) is 1. The number of aliphatic hydroxyl groups is 1. The van der Waals surface area contributed by atoms with Gasteiger partial charge in [0, 0.05) is 6.42 Å². The van der Waals surface area contributed by atoms with Crippen molar-refractivity contribution in [1.29, 1.82) is 0 Å². The van der Waals surface area contributed by atoms with Crippen molar-refractivity contribution in [2.45, 2.75) is 32.6 Å². The molecule has 0 spiro atoms. The molecule has 0 unspecified atom stereocenters. The summed E-state index contributed by atoms with van der Waals surface area (Å²) in [5.74, 6) is -2.60. The van der Waals surface area contributed by atoms with Crippen molar-refractivity contribution >= 4 is 0 Å². The van der Waals surface area contributed by atoms with Gasteiger partial charge >= 0.3 is 0 Å². The van der Waals surface area contributed by atoms with Crippen LogP contribution in [0.1, 0.15) is 26.7 Å². The van der Waals surface area contributed by atoms with Crippen molar-refractivity contribution in [3.8, 4) is 0 Å². The SMILES string of the molecule is CC(C)CCC(F)(F)CO. The van der Waals surface area contributed by atoms with Crippen LogP contribution >= 0.6 is 0 Å². The predicted molar refractivity (Wildman–Crippen MR) is 36.1 cm³/mol. The van der Waals surface area contributed by atoms with E-state index in [1.54, 1.807) is 0 Å². The Balaban J connectivity index is 3.46. The van der Waals surface area contributed by atoms with Crippen molar-refractivity contribution in [1.82, 2.24) is 0 Å². The third-order valence-electron chi connectivity index (χ3n) is 1.32. The topological polar surface area (TPSA) is 20.2 Å². The normalized spacial score (nSPS) is 12.6. The lowest BCUT2D eigenvalue weighted by molar-refractivity contribution is -0.0595. The molecule has 0 rings (SSSR count). The molecule has 10 heavy (non-hydrogen) atoms. The highest BCUT2D eigenvalue weighted by molar-refractivity contribution is 4.64. The molecule has 0 amide bonds. The van der Waals surface area contributed by atoms with Crippen molar-refractivity contribution in [2.24, 2.45) is 5.92 Å². The lowest BCUT2D eigenvalue weighted by Crippen LogP contribution is -2.21. The predicted octanol–water partition coefficient (Wildman–Crippen LogP) is 2.05. The molecule has 0 heterocycles. The summed E-state index contributed by atoms with van der Waals surface area (Å²) in [4.78, 5) is 0. The third-order valence-corrected chi connectivity index (χ3v) is 1.32. The molecule has 0 aliphatic carbocycles. The fourth-order valence-electron chi connectivity index (χ4n) is 0.579. The summed E-state index contributed by atoms with van der Waals surface area (Å²) < 4.78 is 24.5. The summed E-state index contributed by atoms with van der Waals surface area (Å²) in [6.45, 7) is 2.74. The lowest BCUT2D eigenvalue weighted by Gasteiger charge is -2.13. The Morgan fingerprint density at radius 1 is 1.40 bits per heavy atom. The Hall–Kier alpha value is -0.180. The monoisotopic (exact) mass is 152 g/mol. The maximum absolute atomic E-state index is 12.3. The Kier molecular flexibility index (Phi) is 3.79. The molecule has 0 saturated carbocycles. The van der Waals surface area contributed by atoms with Crippen LogP contribution in [0, 0.1) is 5.92 Å². The molecule has 62 valence electrons. The Bertz CT molecular complexity index is 91.6. The average Bonchev–Trinajstić information content (AvgIpc) is 1.85. The molecule has 0 fully saturated rings. The minimum absolute atomic E-state index is 0.207. The van der Waals surface area contributed by atoms with Crippen LogP contribution in [-0.2, 0) is 0 Å². The van der Waals surface area contributed by atoms with E-state index < -0.39 is 12.5 Å². The van der Waals surface area contributed by atoms with Gasteiger partial charge in [-0.3, -0.25) is 0 Å². The van der Waals surface area contributed by atoms with Crippen LogP contribution in [-0.4, -0.2) is 17.6 Å². The molecule has 0 aromatic heterocycles. The van der Waals surface area contributed by atoms with Gasteiger partial charge < -0.3 is 5.11 Å². The second kappa shape index (κ2) is 3.86. The Morgan fingerprint density at radius 2 is 1.90 bits per heavy atom. The zero-order valence-electron chi connectivity index (χ0n) is 6.40. The minimum atomic E-state index is -2.87. The van der Waals surface area contributed by atoms with Crippen LogP contribution in [0.5, 0.6) is 0 Å². The van der Waals surface area contributed by atoms with Gasteiger partial charge in [0.2, 0.25) is 0 Å². The van der Waals surface area contributed by atoms with Gasteiger partial charge in [-0.25, -0.2) is 8.78 Å². The molecule has 0 aromatic carbocycles. The molecule has 0 aromatic rings. The second-order valence-corrected chi connectivity index (χ2v) is 2.95. The number of aliphatic hydroxyl groups excluding tert-OH is 1. The second-order valence-electron chi connectivity index (χ2n) is 2.95. The molecule has 1 N–H and O–H groups in total. The Labute approximate surface area is 60.1 Å². The molecule has 1 nitrogen and oxygen atoms in total. The van der Waals surface area contributed by atoms with E-state index in [0.717, 1.165) is 0 Å². The molecular weight excluding hydrogens is 138 g/mol. The van der Waals surface area contributed by atoms with Crippen molar-refractivity contribution in [3.63, 3.8) is 0 Å². The van der Waals surface area contributed by atoms with Crippen LogP contribution in [0.25, 0.3) is 0 Å². The van der Waals surface area contributed by atoms with Crippen LogP contribution < -0.4 is 0 Å². The number of halogens is 2. The smallest absolute Gasteiger partial charge is 0.270 e. The first-order chi connectivity index (χ1) is 4.48. The fourth-order valence-corrected chi connectivity index (χ4v) is 0.579. The van der Waals surface area contributed by atoms with E-state index in [0.29, 0.717) is 6.42 Å². The molecular formula is C7H14F2O. The minimum Gasteiger partial charge on any atom is -0.390 e. The maximum Gasteiger partial charge on any atom is 0.270 e. The first-order valence-corrected chi connectivity index (χ1v) is 3.46. The van der Waals surface area contributed by atoms with Crippen molar-refractivity contribution in [2.75, 3.05) is 6.61 Å². The molecule has 0 aliphatic heterocycles. The highest BCUT2D eigenvalue weighted by atomic mass is 19.3. The van der Waals surface area contributed by atoms with Gasteiger partial charge in [0.15, 0.2) is 0 Å². The highest BCUT2D eigenvalue weighted by Crippen LogP contribution is 2.21. The summed E-state index contributed by atoms with van der Waals surface area (Å²) in [6, 6.07) is 0. The van der Waals surface area contributed by atoms with Crippen LogP contribution in [0.2, 0.25) is 0 Å². The van der Waals surface area contributed by atoms with Crippen molar-refractivity contribution < 1.29 is 13.9 Å². The van der Waals surface area contributed by atoms with E-state index in [-0.39, 0.29) is 12.3 Å². The molecule has 0 saturated heterocycles.